The zero-order valence-electron chi connectivity index (χ0n) is 10.9. The van der Waals surface area contributed by atoms with Crippen molar-refractivity contribution in [2.45, 2.75) is 20.5 Å². The van der Waals surface area contributed by atoms with Gasteiger partial charge in [-0.1, -0.05) is 30.3 Å². The van der Waals surface area contributed by atoms with Gasteiger partial charge in [0, 0.05) is 0 Å². The molecule has 0 radical (unpaired) electrons. The highest BCUT2D eigenvalue weighted by molar-refractivity contribution is 6.27. The van der Waals surface area contributed by atoms with E-state index in [1.165, 1.54) is 0 Å². The van der Waals surface area contributed by atoms with Crippen LogP contribution in [0.4, 0.5) is 0 Å². The quantitative estimate of drug-likeness (QED) is 0.512. The Morgan fingerprint density at radius 3 is 2.37 bits per heavy atom. The fourth-order valence-electron chi connectivity index (χ4n) is 1.35. The van der Waals surface area contributed by atoms with Gasteiger partial charge in [0.15, 0.2) is 0 Å². The molecule has 0 unspecified atom stereocenters. The lowest BCUT2D eigenvalue weighted by molar-refractivity contribution is -0.141. The van der Waals surface area contributed by atoms with Gasteiger partial charge in [-0.25, -0.2) is 4.79 Å². The number of allylic oxidation sites excluding steroid dienone is 1. The van der Waals surface area contributed by atoms with Crippen LogP contribution in [0.3, 0.4) is 0 Å². The molecule has 0 aliphatic rings. The van der Waals surface area contributed by atoms with Gasteiger partial charge in [-0.3, -0.25) is 4.79 Å². The second-order valence-corrected chi connectivity index (χ2v) is 4.39. The number of carbonyl (C=O) groups excluding carboxylic acids is 2. The molecule has 0 aromatic heterocycles. The van der Waals surface area contributed by atoms with Gasteiger partial charge in [0.05, 0.1) is 0 Å². The first kappa shape index (κ1) is 15.2. The number of esters is 1. The molecule has 1 N–H and O–H groups in total. The Labute approximate surface area is 117 Å². The van der Waals surface area contributed by atoms with Crippen molar-refractivity contribution >= 4 is 23.5 Å². The van der Waals surface area contributed by atoms with Gasteiger partial charge < -0.3 is 10.1 Å². The van der Waals surface area contributed by atoms with E-state index in [9.17, 15) is 9.59 Å². The maximum absolute atomic E-state index is 11.9. The highest BCUT2D eigenvalue weighted by Gasteiger charge is 2.15. The molecule has 0 aliphatic carbocycles. The van der Waals surface area contributed by atoms with Crippen LogP contribution >= 0.6 is 11.6 Å². The van der Waals surface area contributed by atoms with Crippen LogP contribution in [0.2, 0.25) is 0 Å². The molecule has 0 spiro atoms. The number of carbonyl (C=O) groups is 2. The lowest BCUT2D eigenvalue weighted by Gasteiger charge is -2.11. The van der Waals surface area contributed by atoms with Gasteiger partial charge in [0.1, 0.15) is 18.2 Å². The second kappa shape index (κ2) is 7.59. The molecule has 102 valence electrons. The minimum absolute atomic E-state index is 0.140. The summed E-state index contributed by atoms with van der Waals surface area (Å²) in [4.78, 5) is 23.1. The van der Waals surface area contributed by atoms with Crippen LogP contribution in [0.15, 0.2) is 41.6 Å². The van der Waals surface area contributed by atoms with Crippen LogP contribution in [0, 0.1) is 0 Å². The molecule has 0 atom stereocenters. The lowest BCUT2D eigenvalue weighted by Crippen LogP contribution is -2.30. The van der Waals surface area contributed by atoms with Crippen molar-refractivity contribution in [3.63, 3.8) is 0 Å². The molecule has 1 amide bonds. The molecule has 0 saturated heterocycles. The van der Waals surface area contributed by atoms with Gasteiger partial charge in [0.25, 0.3) is 0 Å². The van der Waals surface area contributed by atoms with Gasteiger partial charge in [-0.2, -0.15) is 0 Å². The summed E-state index contributed by atoms with van der Waals surface area (Å²) in [5.41, 5.74) is 1.69. The number of alkyl halides is 1. The highest BCUT2D eigenvalue weighted by atomic mass is 35.5. The monoisotopic (exact) mass is 281 g/mol. The summed E-state index contributed by atoms with van der Waals surface area (Å²) in [6.45, 7) is 3.59. The van der Waals surface area contributed by atoms with E-state index in [-0.39, 0.29) is 18.2 Å². The minimum Gasteiger partial charge on any atom is -0.456 e. The van der Waals surface area contributed by atoms with Crippen molar-refractivity contribution < 1.29 is 14.3 Å². The Kier molecular flexibility index (Phi) is 6.09. The topological polar surface area (TPSA) is 55.4 Å². The van der Waals surface area contributed by atoms with Crippen molar-refractivity contribution in [1.29, 1.82) is 0 Å². The standard InChI is InChI=1S/C14H16ClNO3/c1-10(2)13(16-12(17)8-15)14(18)19-9-11-6-4-3-5-7-11/h3-7H,8-9H2,1-2H3,(H,16,17). The van der Waals surface area contributed by atoms with Crippen molar-refractivity contribution in [2.24, 2.45) is 0 Å². The van der Waals surface area contributed by atoms with E-state index < -0.39 is 11.9 Å². The van der Waals surface area contributed by atoms with E-state index in [4.69, 9.17) is 16.3 Å². The zero-order valence-corrected chi connectivity index (χ0v) is 11.7. The average molecular weight is 282 g/mol. The summed E-state index contributed by atoms with van der Waals surface area (Å²) in [6, 6.07) is 9.31. The van der Waals surface area contributed by atoms with E-state index in [0.29, 0.717) is 5.57 Å². The first-order valence-corrected chi connectivity index (χ1v) is 6.32. The molecule has 1 rings (SSSR count). The Hall–Kier alpha value is -1.81. The molecule has 0 fully saturated rings. The molecule has 0 aliphatic heterocycles. The van der Waals surface area contributed by atoms with E-state index in [0.717, 1.165) is 5.56 Å². The maximum atomic E-state index is 11.9. The number of halogens is 1. The predicted octanol–water partition coefficient (Wildman–Crippen LogP) is 2.38. The number of hydrogen-bond donors (Lipinski definition) is 1. The Balaban J connectivity index is 2.64. The molecule has 1 aromatic carbocycles. The molecule has 4 nitrogen and oxygen atoms in total. The summed E-state index contributed by atoms with van der Waals surface area (Å²) >= 11 is 5.39. The molecular formula is C14H16ClNO3. The smallest absolute Gasteiger partial charge is 0.355 e. The second-order valence-electron chi connectivity index (χ2n) is 4.12. The summed E-state index contributed by atoms with van der Waals surface area (Å²) in [5, 5.41) is 2.44. The summed E-state index contributed by atoms with van der Waals surface area (Å²) < 4.78 is 5.14. The lowest BCUT2D eigenvalue weighted by atomic mass is 10.2. The normalized spacial score (nSPS) is 9.63. The van der Waals surface area contributed by atoms with Gasteiger partial charge in [0.2, 0.25) is 5.91 Å². The molecule has 1 aromatic rings. The van der Waals surface area contributed by atoms with E-state index in [2.05, 4.69) is 5.32 Å². The molecule has 19 heavy (non-hydrogen) atoms. The molecular weight excluding hydrogens is 266 g/mol. The highest BCUT2D eigenvalue weighted by Crippen LogP contribution is 2.06. The van der Waals surface area contributed by atoms with Crippen LogP contribution in [-0.4, -0.2) is 17.8 Å². The fraction of sp³-hybridized carbons (Fsp3) is 0.286. The number of amides is 1. The van der Waals surface area contributed by atoms with E-state index in [1.54, 1.807) is 13.8 Å². The number of nitrogens with one attached hydrogen (secondary N) is 1. The van der Waals surface area contributed by atoms with E-state index >= 15 is 0 Å². The Morgan fingerprint density at radius 1 is 1.21 bits per heavy atom. The first-order chi connectivity index (χ1) is 9.04. The van der Waals surface area contributed by atoms with Crippen molar-refractivity contribution in [3.05, 3.63) is 47.2 Å². The van der Waals surface area contributed by atoms with Gasteiger partial charge in [-0.15, -0.1) is 11.6 Å². The third-order valence-electron chi connectivity index (χ3n) is 2.30. The minimum atomic E-state index is -0.567. The van der Waals surface area contributed by atoms with Gasteiger partial charge >= 0.3 is 5.97 Å². The van der Waals surface area contributed by atoms with Crippen LogP contribution < -0.4 is 5.32 Å². The largest absolute Gasteiger partial charge is 0.456 e. The van der Waals surface area contributed by atoms with Gasteiger partial charge in [-0.05, 0) is 25.0 Å². The molecule has 0 heterocycles. The summed E-state index contributed by atoms with van der Waals surface area (Å²) in [6.07, 6.45) is 0. The van der Waals surface area contributed by atoms with Crippen LogP contribution in [-0.2, 0) is 20.9 Å². The summed E-state index contributed by atoms with van der Waals surface area (Å²) in [5.74, 6) is -1.21. The summed E-state index contributed by atoms with van der Waals surface area (Å²) in [7, 11) is 0. The molecule has 5 heteroatoms. The third kappa shape index (κ3) is 5.14. The van der Waals surface area contributed by atoms with E-state index in [1.807, 2.05) is 30.3 Å². The zero-order chi connectivity index (χ0) is 14.3. The number of rotatable bonds is 5. The molecule has 0 saturated carbocycles. The average Bonchev–Trinajstić information content (AvgIpc) is 2.42. The Morgan fingerprint density at radius 2 is 1.84 bits per heavy atom. The van der Waals surface area contributed by atoms with Crippen LogP contribution in [0.1, 0.15) is 19.4 Å². The fourth-order valence-corrected chi connectivity index (χ4v) is 1.42. The van der Waals surface area contributed by atoms with Crippen molar-refractivity contribution in [1.82, 2.24) is 5.32 Å². The van der Waals surface area contributed by atoms with Crippen molar-refractivity contribution in [2.75, 3.05) is 5.88 Å². The van der Waals surface area contributed by atoms with Crippen LogP contribution in [0.5, 0.6) is 0 Å². The van der Waals surface area contributed by atoms with Crippen LogP contribution in [0.25, 0.3) is 0 Å². The first-order valence-electron chi connectivity index (χ1n) is 5.79. The number of benzene rings is 1. The maximum Gasteiger partial charge on any atom is 0.355 e. The third-order valence-corrected chi connectivity index (χ3v) is 2.55. The van der Waals surface area contributed by atoms with Crippen molar-refractivity contribution in [3.8, 4) is 0 Å². The number of hydrogen-bond acceptors (Lipinski definition) is 3. The number of ether oxygens (including phenoxy) is 1. The molecule has 0 bridgehead atoms. The Bertz CT molecular complexity index is 479. The predicted molar refractivity (Wildman–Crippen MR) is 73.5 cm³/mol. The SMILES string of the molecule is CC(C)=C(NC(=O)CCl)C(=O)OCc1ccccc1.